The fraction of sp³-hybridized carbons (Fsp3) is 0.250. The largest absolute Gasteiger partial charge is 0.479 e. The van der Waals surface area contributed by atoms with E-state index in [1.807, 2.05) is 65.2 Å². The van der Waals surface area contributed by atoms with E-state index in [0.29, 0.717) is 18.4 Å². The van der Waals surface area contributed by atoms with E-state index in [0.717, 1.165) is 47.3 Å². The highest BCUT2D eigenvalue weighted by Crippen LogP contribution is 2.22. The van der Waals surface area contributed by atoms with Crippen molar-refractivity contribution in [2.24, 2.45) is 10.1 Å². The number of pyridine rings is 1. The monoisotopic (exact) mass is 463 g/mol. The zero-order valence-electron chi connectivity index (χ0n) is 18.7. The second-order valence-electron chi connectivity index (χ2n) is 7.60. The van der Waals surface area contributed by atoms with Crippen molar-refractivity contribution in [3.05, 3.63) is 71.4 Å². The molecule has 3 aromatic rings. The molecule has 9 heteroatoms. The first-order valence-corrected chi connectivity index (χ1v) is 11.0. The average Bonchev–Trinajstić information content (AvgIpc) is 3.28. The van der Waals surface area contributed by atoms with Crippen molar-refractivity contribution >= 4 is 35.9 Å². The summed E-state index contributed by atoms with van der Waals surface area (Å²) in [5.74, 6) is 1.03. The number of nitrogens with zero attached hydrogens (tertiary/aromatic N) is 7. The highest BCUT2D eigenvalue weighted by atomic mass is 35.5. The van der Waals surface area contributed by atoms with Crippen LogP contribution in [-0.2, 0) is 0 Å². The van der Waals surface area contributed by atoms with Gasteiger partial charge in [0.2, 0.25) is 5.88 Å². The molecule has 0 amide bonds. The highest BCUT2D eigenvalue weighted by molar-refractivity contribution is 6.30. The van der Waals surface area contributed by atoms with E-state index < -0.39 is 0 Å². The van der Waals surface area contributed by atoms with Gasteiger partial charge < -0.3 is 14.2 Å². The Kier molecular flexibility index (Phi) is 7.04. The molecule has 1 saturated heterocycles. The normalized spacial score (nSPS) is 14.7. The molecular formula is C24H26ClN7O. The first kappa shape index (κ1) is 22.5. The van der Waals surface area contributed by atoms with Gasteiger partial charge in [-0.25, -0.2) is 15.0 Å². The molecule has 0 unspecified atom stereocenters. The van der Waals surface area contributed by atoms with Crippen LogP contribution in [0, 0.1) is 6.92 Å². The van der Waals surface area contributed by atoms with Gasteiger partial charge in [-0.2, -0.15) is 5.10 Å². The summed E-state index contributed by atoms with van der Waals surface area (Å²) in [5.41, 5.74) is 3.59. The minimum Gasteiger partial charge on any atom is -0.479 e. The smallest absolute Gasteiger partial charge is 0.238 e. The number of aliphatic imine (C=N–C) groups is 1. The van der Waals surface area contributed by atoms with Crippen molar-refractivity contribution in [1.82, 2.24) is 19.5 Å². The van der Waals surface area contributed by atoms with Crippen molar-refractivity contribution in [2.45, 2.75) is 13.3 Å². The standard InChI is InChI=1S/C24H26ClN7O/c1-18-15-31(16-27-18)22-11-7-20(28-24(22)33-3)8-12-23(26-2)29-32-14-4-13-30(17-32)21-9-5-19(25)6-10-21/h5-12,15-16H,2,4,13-14,17H2,1,3H3/b12-8+,29-23-. The summed E-state index contributed by atoms with van der Waals surface area (Å²) in [5, 5.41) is 7.39. The van der Waals surface area contributed by atoms with Crippen LogP contribution in [0.2, 0.25) is 5.02 Å². The molecular weight excluding hydrogens is 438 g/mol. The van der Waals surface area contributed by atoms with Crippen molar-refractivity contribution in [3.8, 4) is 11.6 Å². The Hall–Kier alpha value is -3.65. The van der Waals surface area contributed by atoms with E-state index in [4.69, 9.17) is 16.3 Å². The number of amidine groups is 1. The van der Waals surface area contributed by atoms with Gasteiger partial charge in [-0.15, -0.1) is 0 Å². The third-order valence-corrected chi connectivity index (χ3v) is 5.48. The SMILES string of the molecule is C=NC(/C=C/c1ccc(-n2cnc(C)c2)c(OC)n1)=N\N1CCCN(c2ccc(Cl)cc2)C1. The predicted octanol–water partition coefficient (Wildman–Crippen LogP) is 4.43. The van der Waals surface area contributed by atoms with Gasteiger partial charge in [0.05, 0.1) is 24.8 Å². The summed E-state index contributed by atoms with van der Waals surface area (Å²) in [4.78, 5) is 15.2. The fourth-order valence-electron chi connectivity index (χ4n) is 3.59. The van der Waals surface area contributed by atoms with Gasteiger partial charge in [0, 0.05) is 30.0 Å². The quantitative estimate of drug-likeness (QED) is 0.399. The first-order valence-electron chi connectivity index (χ1n) is 10.6. The molecule has 3 heterocycles. The summed E-state index contributed by atoms with van der Waals surface area (Å²) in [6.07, 6.45) is 8.31. The molecule has 2 aromatic heterocycles. The van der Waals surface area contributed by atoms with Crippen LogP contribution in [0.3, 0.4) is 0 Å². The Morgan fingerprint density at radius 2 is 2.00 bits per heavy atom. The second kappa shape index (κ2) is 10.3. The number of aromatic nitrogens is 3. The van der Waals surface area contributed by atoms with Gasteiger partial charge >= 0.3 is 0 Å². The summed E-state index contributed by atoms with van der Waals surface area (Å²) >= 11 is 6.02. The van der Waals surface area contributed by atoms with Gasteiger partial charge in [-0.3, -0.25) is 5.01 Å². The number of hydrogen-bond donors (Lipinski definition) is 0. The lowest BCUT2D eigenvalue weighted by molar-refractivity contribution is 0.252. The van der Waals surface area contributed by atoms with Crippen LogP contribution >= 0.6 is 11.6 Å². The number of hydrazone groups is 1. The van der Waals surface area contributed by atoms with E-state index in [1.54, 1.807) is 19.5 Å². The molecule has 1 aliphatic rings. The lowest BCUT2D eigenvalue weighted by atomic mass is 10.2. The zero-order valence-corrected chi connectivity index (χ0v) is 19.5. The van der Waals surface area contributed by atoms with Crippen molar-refractivity contribution in [3.63, 3.8) is 0 Å². The minimum absolute atomic E-state index is 0.509. The van der Waals surface area contributed by atoms with Crippen LogP contribution in [-0.4, -0.2) is 59.0 Å². The van der Waals surface area contributed by atoms with Gasteiger partial charge in [0.25, 0.3) is 0 Å². The summed E-state index contributed by atoms with van der Waals surface area (Å²) in [7, 11) is 1.60. The summed E-state index contributed by atoms with van der Waals surface area (Å²) in [6, 6.07) is 11.7. The number of benzene rings is 1. The first-order chi connectivity index (χ1) is 16.1. The Balaban J connectivity index is 1.48. The number of imidazole rings is 1. The molecule has 0 spiro atoms. The number of rotatable bonds is 6. The number of hydrogen-bond acceptors (Lipinski definition) is 6. The van der Waals surface area contributed by atoms with Crippen LogP contribution in [0.5, 0.6) is 5.88 Å². The Bertz CT molecular complexity index is 1170. The number of ether oxygens (including phenoxy) is 1. The van der Waals surface area contributed by atoms with E-state index in [-0.39, 0.29) is 0 Å². The Morgan fingerprint density at radius 1 is 1.18 bits per heavy atom. The van der Waals surface area contributed by atoms with E-state index in [9.17, 15) is 0 Å². The molecule has 0 aliphatic carbocycles. The number of halogens is 1. The summed E-state index contributed by atoms with van der Waals surface area (Å²) in [6.45, 7) is 8.09. The molecule has 0 atom stereocenters. The molecule has 0 bridgehead atoms. The Labute approximate surface area is 198 Å². The third-order valence-electron chi connectivity index (χ3n) is 5.22. The molecule has 1 fully saturated rings. The molecule has 1 aliphatic heterocycles. The molecule has 0 radical (unpaired) electrons. The van der Waals surface area contributed by atoms with Crippen LogP contribution in [0.25, 0.3) is 11.8 Å². The van der Waals surface area contributed by atoms with Crippen LogP contribution in [0.4, 0.5) is 5.69 Å². The van der Waals surface area contributed by atoms with Gasteiger partial charge in [0.1, 0.15) is 12.4 Å². The highest BCUT2D eigenvalue weighted by Gasteiger charge is 2.17. The number of methoxy groups -OCH3 is 1. The van der Waals surface area contributed by atoms with Crippen LogP contribution in [0.1, 0.15) is 17.8 Å². The second-order valence-corrected chi connectivity index (χ2v) is 8.04. The van der Waals surface area contributed by atoms with Crippen molar-refractivity contribution in [2.75, 3.05) is 31.8 Å². The maximum atomic E-state index is 6.02. The zero-order chi connectivity index (χ0) is 23.2. The fourth-order valence-corrected chi connectivity index (χ4v) is 3.72. The topological polar surface area (TPSA) is 71.1 Å². The third kappa shape index (κ3) is 5.59. The lowest BCUT2D eigenvalue weighted by Gasteiger charge is -2.35. The Morgan fingerprint density at radius 3 is 2.70 bits per heavy atom. The lowest BCUT2D eigenvalue weighted by Crippen LogP contribution is -2.42. The molecule has 1 aromatic carbocycles. The predicted molar refractivity (Wildman–Crippen MR) is 134 cm³/mol. The molecule has 0 N–H and O–H groups in total. The maximum absolute atomic E-state index is 6.02. The minimum atomic E-state index is 0.509. The molecule has 8 nitrogen and oxygen atoms in total. The van der Waals surface area contributed by atoms with E-state index in [1.165, 1.54) is 0 Å². The molecule has 4 rings (SSSR count). The van der Waals surface area contributed by atoms with E-state index >= 15 is 0 Å². The van der Waals surface area contributed by atoms with Crippen molar-refractivity contribution in [1.29, 1.82) is 0 Å². The van der Waals surface area contributed by atoms with Crippen LogP contribution in [0.15, 0.2) is 65.1 Å². The van der Waals surface area contributed by atoms with E-state index in [2.05, 4.69) is 31.7 Å². The summed E-state index contributed by atoms with van der Waals surface area (Å²) < 4.78 is 7.37. The van der Waals surface area contributed by atoms with Gasteiger partial charge in [-0.05, 0) is 68.6 Å². The molecule has 0 saturated carbocycles. The number of anilines is 1. The maximum Gasteiger partial charge on any atom is 0.238 e. The van der Waals surface area contributed by atoms with Crippen molar-refractivity contribution < 1.29 is 4.74 Å². The molecule has 33 heavy (non-hydrogen) atoms. The number of aryl methyl sites for hydroxylation is 1. The van der Waals surface area contributed by atoms with Crippen LogP contribution < -0.4 is 9.64 Å². The van der Waals surface area contributed by atoms with Gasteiger partial charge in [-0.1, -0.05) is 11.6 Å². The van der Waals surface area contributed by atoms with Gasteiger partial charge in [0.15, 0.2) is 5.84 Å². The molecule has 170 valence electrons. The average molecular weight is 464 g/mol.